The summed E-state index contributed by atoms with van der Waals surface area (Å²) >= 11 is 3.00. The minimum Gasteiger partial charge on any atom is -0.382 e. The number of hydrogen-bond donors (Lipinski definition) is 2. The number of aldehydes is 1. The Bertz CT molecular complexity index is 330. The minimum atomic E-state index is -0.639. The molecule has 0 saturated heterocycles. The molecule has 6 heteroatoms. The summed E-state index contributed by atoms with van der Waals surface area (Å²) in [6.07, 6.45) is 0.808. The molecule has 0 aromatic carbocycles. The molecule has 66 valence electrons. The molecule has 0 spiro atoms. The van der Waals surface area contributed by atoms with Gasteiger partial charge in [0.25, 0.3) is 5.56 Å². The van der Waals surface area contributed by atoms with Crippen molar-refractivity contribution in [3.05, 3.63) is 20.6 Å². The van der Waals surface area contributed by atoms with Crippen LogP contribution in [-0.2, 0) is 11.2 Å². The van der Waals surface area contributed by atoms with Gasteiger partial charge in [0.1, 0.15) is 10.8 Å². The highest BCUT2D eigenvalue weighted by Crippen LogP contribution is 2.11. The molecule has 1 aromatic heterocycles. The third-order valence-corrected chi connectivity index (χ3v) is 2.11. The largest absolute Gasteiger partial charge is 0.382 e. The van der Waals surface area contributed by atoms with Gasteiger partial charge in [-0.1, -0.05) is 0 Å². The highest BCUT2D eigenvalue weighted by atomic mass is 79.9. The second-order valence-corrected chi connectivity index (χ2v) is 3.07. The molecular formula is C6H7BrN2O3. The average Bonchev–Trinajstić information content (AvgIpc) is 2.36. The van der Waals surface area contributed by atoms with Crippen LogP contribution in [0.15, 0.2) is 13.8 Å². The zero-order chi connectivity index (χ0) is 9.14. The van der Waals surface area contributed by atoms with E-state index >= 15 is 0 Å². The monoisotopic (exact) mass is 234 g/mol. The Labute approximate surface area is 76.0 Å². The van der Waals surface area contributed by atoms with Crippen molar-refractivity contribution in [2.45, 2.75) is 12.5 Å². The predicted molar refractivity (Wildman–Crippen MR) is 44.8 cm³/mol. The van der Waals surface area contributed by atoms with Crippen LogP contribution in [0.5, 0.6) is 0 Å². The summed E-state index contributed by atoms with van der Waals surface area (Å²) in [5.41, 5.74) is 4.96. The third-order valence-electron chi connectivity index (χ3n) is 1.31. The maximum Gasteiger partial charge on any atom is 0.294 e. The maximum atomic E-state index is 10.8. The van der Waals surface area contributed by atoms with Gasteiger partial charge in [-0.05, 0) is 15.9 Å². The van der Waals surface area contributed by atoms with E-state index in [-0.39, 0.29) is 12.0 Å². The molecule has 1 aromatic rings. The molecule has 0 bridgehead atoms. The molecule has 0 fully saturated rings. The van der Waals surface area contributed by atoms with Gasteiger partial charge in [-0.3, -0.25) is 4.79 Å². The number of halogens is 1. The van der Waals surface area contributed by atoms with Gasteiger partial charge in [0.2, 0.25) is 0 Å². The molecule has 1 rings (SSSR count). The lowest BCUT2D eigenvalue weighted by Crippen LogP contribution is -2.24. The SMILES string of the molecule is NC(C=O)Cc1o[nH]c(=O)c1Br. The first-order valence-electron chi connectivity index (χ1n) is 3.22. The fourth-order valence-electron chi connectivity index (χ4n) is 0.718. The van der Waals surface area contributed by atoms with E-state index in [0.29, 0.717) is 16.5 Å². The number of nitrogens with one attached hydrogen (secondary N) is 1. The number of rotatable bonds is 3. The van der Waals surface area contributed by atoms with Crippen LogP contribution < -0.4 is 11.3 Å². The second kappa shape index (κ2) is 3.68. The van der Waals surface area contributed by atoms with Crippen molar-refractivity contribution in [1.29, 1.82) is 0 Å². The third kappa shape index (κ3) is 1.83. The first-order valence-corrected chi connectivity index (χ1v) is 4.01. The van der Waals surface area contributed by atoms with Crippen molar-refractivity contribution < 1.29 is 9.32 Å². The van der Waals surface area contributed by atoms with Crippen molar-refractivity contribution in [3.8, 4) is 0 Å². The van der Waals surface area contributed by atoms with Crippen molar-refractivity contribution in [1.82, 2.24) is 5.16 Å². The summed E-state index contributed by atoms with van der Waals surface area (Å²) in [6.45, 7) is 0. The summed E-state index contributed by atoms with van der Waals surface area (Å²) in [6, 6.07) is -0.639. The molecule has 0 saturated carbocycles. The second-order valence-electron chi connectivity index (χ2n) is 2.27. The lowest BCUT2D eigenvalue weighted by atomic mass is 10.2. The van der Waals surface area contributed by atoms with Gasteiger partial charge in [-0.25, -0.2) is 0 Å². The lowest BCUT2D eigenvalue weighted by molar-refractivity contribution is -0.108. The first-order chi connectivity index (χ1) is 5.65. The van der Waals surface area contributed by atoms with Gasteiger partial charge in [0.15, 0.2) is 5.76 Å². The van der Waals surface area contributed by atoms with Crippen molar-refractivity contribution >= 4 is 22.2 Å². The van der Waals surface area contributed by atoms with Crippen LogP contribution in [0.4, 0.5) is 0 Å². The molecule has 0 aliphatic heterocycles. The van der Waals surface area contributed by atoms with Crippen molar-refractivity contribution in [2.24, 2.45) is 5.73 Å². The Kier molecular flexibility index (Phi) is 2.83. The molecule has 1 heterocycles. The average molecular weight is 235 g/mol. The number of hydrogen-bond acceptors (Lipinski definition) is 4. The van der Waals surface area contributed by atoms with E-state index in [2.05, 4.69) is 21.1 Å². The maximum absolute atomic E-state index is 10.8. The molecule has 0 radical (unpaired) electrons. The van der Waals surface area contributed by atoms with Gasteiger partial charge in [-0.15, -0.1) is 0 Å². The van der Waals surface area contributed by atoms with Crippen molar-refractivity contribution in [3.63, 3.8) is 0 Å². The summed E-state index contributed by atoms with van der Waals surface area (Å²) in [4.78, 5) is 20.9. The molecule has 0 aliphatic rings. The number of aromatic nitrogens is 1. The number of aromatic amines is 1. The van der Waals surface area contributed by atoms with E-state index in [0.717, 1.165) is 0 Å². The number of nitrogens with two attached hydrogens (primary N) is 1. The van der Waals surface area contributed by atoms with Gasteiger partial charge >= 0.3 is 0 Å². The Morgan fingerprint density at radius 2 is 2.42 bits per heavy atom. The summed E-state index contributed by atoms with van der Waals surface area (Å²) < 4.78 is 5.04. The standard InChI is InChI=1S/C6H7BrN2O3/c7-5-4(1-3(8)2-10)12-9-6(5)11/h2-3H,1,8H2,(H,9,11). The molecule has 0 aliphatic carbocycles. The van der Waals surface area contributed by atoms with Gasteiger partial charge in [0.05, 0.1) is 6.04 Å². The van der Waals surface area contributed by atoms with Crippen LogP contribution >= 0.6 is 15.9 Å². The summed E-state index contributed by atoms with van der Waals surface area (Å²) in [5, 5.41) is 2.12. The van der Waals surface area contributed by atoms with Gasteiger partial charge in [-0.2, -0.15) is 5.16 Å². The zero-order valence-corrected chi connectivity index (χ0v) is 7.63. The van der Waals surface area contributed by atoms with E-state index in [1.165, 1.54) is 0 Å². The zero-order valence-electron chi connectivity index (χ0n) is 6.04. The number of carbonyl (C=O) groups is 1. The van der Waals surface area contributed by atoms with Crippen LogP contribution in [0.3, 0.4) is 0 Å². The molecule has 5 nitrogen and oxygen atoms in total. The van der Waals surface area contributed by atoms with Crippen LogP contribution in [-0.4, -0.2) is 17.5 Å². The molecule has 1 unspecified atom stereocenters. The molecule has 0 amide bonds. The Morgan fingerprint density at radius 1 is 1.75 bits per heavy atom. The lowest BCUT2D eigenvalue weighted by Gasteiger charge is -1.97. The fraction of sp³-hybridized carbons (Fsp3) is 0.333. The first kappa shape index (κ1) is 9.21. The predicted octanol–water partition coefficient (Wildman–Crippen LogP) is -0.201. The molecule has 12 heavy (non-hydrogen) atoms. The minimum absolute atomic E-state index is 0.211. The topological polar surface area (TPSA) is 89.1 Å². The fourth-order valence-corrected chi connectivity index (χ4v) is 1.04. The summed E-state index contributed by atoms with van der Waals surface area (Å²) in [7, 11) is 0. The van der Waals surface area contributed by atoms with E-state index in [4.69, 9.17) is 10.3 Å². The smallest absolute Gasteiger partial charge is 0.294 e. The van der Waals surface area contributed by atoms with Crippen LogP contribution in [0, 0.1) is 0 Å². The normalized spacial score (nSPS) is 12.8. The van der Waals surface area contributed by atoms with Crippen LogP contribution in [0.1, 0.15) is 5.76 Å². The van der Waals surface area contributed by atoms with E-state index in [9.17, 15) is 9.59 Å². The van der Waals surface area contributed by atoms with Crippen LogP contribution in [0.25, 0.3) is 0 Å². The van der Waals surface area contributed by atoms with Gasteiger partial charge < -0.3 is 15.1 Å². The Balaban J connectivity index is 2.82. The highest BCUT2D eigenvalue weighted by Gasteiger charge is 2.12. The van der Waals surface area contributed by atoms with E-state index < -0.39 is 6.04 Å². The number of carbonyl (C=O) groups excluding carboxylic acids is 1. The molecular weight excluding hydrogens is 228 g/mol. The molecule has 1 atom stereocenters. The van der Waals surface area contributed by atoms with E-state index in [1.54, 1.807) is 0 Å². The Morgan fingerprint density at radius 3 is 2.83 bits per heavy atom. The number of H-pyrrole nitrogens is 1. The molecule has 3 N–H and O–H groups in total. The highest BCUT2D eigenvalue weighted by molar-refractivity contribution is 9.10. The quantitative estimate of drug-likeness (QED) is 0.710. The van der Waals surface area contributed by atoms with Crippen molar-refractivity contribution in [2.75, 3.05) is 0 Å². The Hall–Kier alpha value is -0.880. The van der Waals surface area contributed by atoms with Crippen LogP contribution in [0.2, 0.25) is 0 Å². The van der Waals surface area contributed by atoms with Gasteiger partial charge in [0, 0.05) is 6.42 Å². The van der Waals surface area contributed by atoms with E-state index in [1.807, 2.05) is 0 Å². The summed E-state index contributed by atoms with van der Waals surface area (Å²) in [5.74, 6) is 0.361.